The first-order chi connectivity index (χ1) is 6.15. The molecular weight excluding hydrogens is 166 g/mol. The maximum atomic E-state index is 11.0. The van der Waals surface area contributed by atoms with Crippen molar-refractivity contribution in [2.24, 2.45) is 0 Å². The molecular formula is C10H19NO2. The van der Waals surface area contributed by atoms with Gasteiger partial charge in [-0.2, -0.15) is 0 Å². The molecule has 1 N–H and O–H groups in total. The Hall–Kier alpha value is -0.410. The number of ketones is 1. The van der Waals surface area contributed by atoms with Crippen LogP contribution < -0.4 is 0 Å². The van der Waals surface area contributed by atoms with Crippen LogP contribution in [0.25, 0.3) is 0 Å². The summed E-state index contributed by atoms with van der Waals surface area (Å²) in [5, 5.41) is 8.98. The minimum Gasteiger partial charge on any atom is -0.395 e. The fourth-order valence-electron chi connectivity index (χ4n) is 1.82. The van der Waals surface area contributed by atoms with E-state index in [1.807, 2.05) is 14.0 Å². The van der Waals surface area contributed by atoms with E-state index in [2.05, 4.69) is 4.90 Å². The maximum absolute atomic E-state index is 11.0. The molecule has 1 rings (SSSR count). The number of aliphatic hydroxyl groups is 1. The number of nitrogens with zero attached hydrogens (tertiary/aromatic N) is 1. The lowest BCUT2D eigenvalue weighted by Gasteiger charge is -2.34. The van der Waals surface area contributed by atoms with Gasteiger partial charge in [0.25, 0.3) is 0 Å². The lowest BCUT2D eigenvalue weighted by atomic mass is 9.93. The normalized spacial score (nSPS) is 22.3. The molecule has 0 aliphatic heterocycles. The molecule has 13 heavy (non-hydrogen) atoms. The van der Waals surface area contributed by atoms with Crippen LogP contribution in [0.15, 0.2) is 0 Å². The number of aliphatic hydroxyl groups excluding tert-OH is 1. The summed E-state index contributed by atoms with van der Waals surface area (Å²) in [5.74, 6) is 0.390. The standard InChI is InChI=1S/C10H19NO2/c1-8(7-12)11(2)9-3-5-10(13)6-4-9/h8-9,12H,3-7H2,1-2H3. The second-order valence-corrected chi connectivity index (χ2v) is 3.97. The van der Waals surface area contributed by atoms with Gasteiger partial charge in [0.05, 0.1) is 6.61 Å². The second-order valence-electron chi connectivity index (χ2n) is 3.97. The molecule has 1 saturated carbocycles. The number of rotatable bonds is 3. The molecule has 0 saturated heterocycles. The van der Waals surface area contributed by atoms with E-state index in [1.54, 1.807) is 0 Å². The van der Waals surface area contributed by atoms with Crippen LogP contribution in [0.1, 0.15) is 32.6 Å². The van der Waals surface area contributed by atoms with Gasteiger partial charge in [-0.1, -0.05) is 0 Å². The van der Waals surface area contributed by atoms with Gasteiger partial charge in [-0.3, -0.25) is 9.69 Å². The van der Waals surface area contributed by atoms with Crippen molar-refractivity contribution in [2.45, 2.75) is 44.7 Å². The molecule has 0 heterocycles. The summed E-state index contributed by atoms with van der Waals surface area (Å²) in [5.41, 5.74) is 0. The SMILES string of the molecule is CC(CO)N(C)C1CCC(=O)CC1. The van der Waals surface area contributed by atoms with Crippen LogP contribution in [0.5, 0.6) is 0 Å². The van der Waals surface area contributed by atoms with Gasteiger partial charge in [0.2, 0.25) is 0 Å². The molecule has 0 aromatic rings. The van der Waals surface area contributed by atoms with E-state index in [-0.39, 0.29) is 12.6 Å². The number of likely N-dealkylation sites (N-methyl/N-ethyl adjacent to an activating group) is 1. The Balaban J connectivity index is 2.39. The predicted octanol–water partition coefficient (Wildman–Crippen LogP) is 0.811. The Labute approximate surface area is 79.7 Å². The smallest absolute Gasteiger partial charge is 0.133 e. The number of hydrogen-bond acceptors (Lipinski definition) is 3. The molecule has 76 valence electrons. The van der Waals surface area contributed by atoms with E-state index >= 15 is 0 Å². The summed E-state index contributed by atoms with van der Waals surface area (Å²) < 4.78 is 0. The Morgan fingerprint density at radius 3 is 2.54 bits per heavy atom. The van der Waals surface area contributed by atoms with Crippen LogP contribution in [0.3, 0.4) is 0 Å². The Bertz CT molecular complexity index is 172. The van der Waals surface area contributed by atoms with Crippen molar-refractivity contribution in [1.29, 1.82) is 0 Å². The van der Waals surface area contributed by atoms with Crippen molar-refractivity contribution in [1.82, 2.24) is 4.90 Å². The molecule has 1 unspecified atom stereocenters. The highest BCUT2D eigenvalue weighted by Crippen LogP contribution is 2.20. The number of carbonyl (C=O) groups excluding carboxylic acids is 1. The molecule has 3 heteroatoms. The number of carbonyl (C=O) groups is 1. The van der Waals surface area contributed by atoms with Gasteiger partial charge in [0.1, 0.15) is 5.78 Å². The summed E-state index contributed by atoms with van der Waals surface area (Å²) in [6, 6.07) is 0.693. The van der Waals surface area contributed by atoms with Gasteiger partial charge in [-0.25, -0.2) is 0 Å². The molecule has 0 spiro atoms. The largest absolute Gasteiger partial charge is 0.395 e. The highest BCUT2D eigenvalue weighted by Gasteiger charge is 2.24. The first kappa shape index (κ1) is 10.7. The van der Waals surface area contributed by atoms with Gasteiger partial charge in [-0.15, -0.1) is 0 Å². The van der Waals surface area contributed by atoms with Crippen LogP contribution >= 0.6 is 0 Å². The van der Waals surface area contributed by atoms with Gasteiger partial charge in [-0.05, 0) is 26.8 Å². The van der Waals surface area contributed by atoms with Crippen molar-refractivity contribution in [3.05, 3.63) is 0 Å². The predicted molar refractivity (Wildman–Crippen MR) is 51.6 cm³/mol. The summed E-state index contributed by atoms with van der Waals surface area (Å²) in [6.45, 7) is 2.21. The van der Waals surface area contributed by atoms with Crippen LogP contribution in [-0.4, -0.2) is 41.5 Å². The number of Topliss-reactive ketones (excluding diaryl/α,β-unsaturated/α-hetero) is 1. The lowest BCUT2D eigenvalue weighted by molar-refractivity contribution is -0.121. The van der Waals surface area contributed by atoms with Crippen LogP contribution in [0, 0.1) is 0 Å². The summed E-state index contributed by atoms with van der Waals surface area (Å²) in [4.78, 5) is 13.2. The highest BCUT2D eigenvalue weighted by molar-refractivity contribution is 5.79. The number of hydrogen-bond donors (Lipinski definition) is 1. The monoisotopic (exact) mass is 185 g/mol. The molecule has 1 atom stereocenters. The molecule has 0 bridgehead atoms. The van der Waals surface area contributed by atoms with Crippen molar-refractivity contribution in [3.8, 4) is 0 Å². The van der Waals surface area contributed by atoms with Crippen molar-refractivity contribution in [2.75, 3.05) is 13.7 Å². The second kappa shape index (κ2) is 4.72. The van der Waals surface area contributed by atoms with E-state index in [9.17, 15) is 4.79 Å². The van der Waals surface area contributed by atoms with Crippen LogP contribution in [0.2, 0.25) is 0 Å². The van der Waals surface area contributed by atoms with E-state index < -0.39 is 0 Å². The topological polar surface area (TPSA) is 40.5 Å². The molecule has 0 amide bonds. The Kier molecular flexibility index (Phi) is 3.88. The average Bonchev–Trinajstić information content (AvgIpc) is 2.17. The van der Waals surface area contributed by atoms with E-state index in [0.29, 0.717) is 24.7 Å². The van der Waals surface area contributed by atoms with Crippen molar-refractivity contribution < 1.29 is 9.90 Å². The zero-order chi connectivity index (χ0) is 9.84. The van der Waals surface area contributed by atoms with E-state index in [1.165, 1.54) is 0 Å². The average molecular weight is 185 g/mol. The lowest BCUT2D eigenvalue weighted by Crippen LogP contribution is -2.42. The summed E-state index contributed by atoms with van der Waals surface area (Å²) >= 11 is 0. The van der Waals surface area contributed by atoms with Gasteiger partial charge < -0.3 is 5.11 Å². The van der Waals surface area contributed by atoms with Gasteiger partial charge >= 0.3 is 0 Å². The fourth-order valence-corrected chi connectivity index (χ4v) is 1.82. The summed E-state index contributed by atoms with van der Waals surface area (Å²) in [6.07, 6.45) is 3.35. The molecule has 1 aliphatic carbocycles. The quantitative estimate of drug-likeness (QED) is 0.707. The zero-order valence-corrected chi connectivity index (χ0v) is 8.49. The van der Waals surface area contributed by atoms with E-state index in [0.717, 1.165) is 12.8 Å². The Morgan fingerprint density at radius 1 is 1.54 bits per heavy atom. The highest BCUT2D eigenvalue weighted by atomic mass is 16.3. The van der Waals surface area contributed by atoms with Crippen molar-refractivity contribution in [3.63, 3.8) is 0 Å². The first-order valence-corrected chi connectivity index (χ1v) is 4.99. The third-order valence-corrected chi connectivity index (χ3v) is 3.05. The fraction of sp³-hybridized carbons (Fsp3) is 0.900. The molecule has 1 fully saturated rings. The molecule has 3 nitrogen and oxygen atoms in total. The molecule has 0 aromatic carbocycles. The van der Waals surface area contributed by atoms with Crippen molar-refractivity contribution >= 4 is 5.78 Å². The first-order valence-electron chi connectivity index (χ1n) is 4.99. The minimum atomic E-state index is 0.195. The zero-order valence-electron chi connectivity index (χ0n) is 8.49. The third kappa shape index (κ3) is 2.78. The van der Waals surface area contributed by atoms with Gasteiger partial charge in [0, 0.05) is 24.9 Å². The Morgan fingerprint density at radius 2 is 2.08 bits per heavy atom. The summed E-state index contributed by atoms with van der Waals surface area (Å²) in [7, 11) is 2.03. The van der Waals surface area contributed by atoms with E-state index in [4.69, 9.17) is 5.11 Å². The van der Waals surface area contributed by atoms with Crippen LogP contribution in [-0.2, 0) is 4.79 Å². The molecule has 0 radical (unpaired) electrons. The molecule has 0 aromatic heterocycles. The third-order valence-electron chi connectivity index (χ3n) is 3.05. The van der Waals surface area contributed by atoms with Crippen LogP contribution in [0.4, 0.5) is 0 Å². The van der Waals surface area contributed by atoms with Gasteiger partial charge in [0.15, 0.2) is 0 Å². The maximum Gasteiger partial charge on any atom is 0.133 e. The molecule has 1 aliphatic rings. The minimum absolute atomic E-state index is 0.195.